The first-order valence-electron chi connectivity index (χ1n) is 6.78. The van der Waals surface area contributed by atoms with E-state index in [1.807, 2.05) is 37.3 Å². The fourth-order valence-corrected chi connectivity index (χ4v) is 2.09. The lowest BCUT2D eigenvalue weighted by atomic mass is 10.1. The van der Waals surface area contributed by atoms with Gasteiger partial charge in [0.25, 0.3) is 5.69 Å². The van der Waals surface area contributed by atoms with Crippen molar-refractivity contribution in [2.45, 2.75) is 19.9 Å². The predicted octanol–water partition coefficient (Wildman–Crippen LogP) is 3.78. The largest absolute Gasteiger partial charge is 0.497 e. The highest BCUT2D eigenvalue weighted by molar-refractivity contribution is 5.55. The number of nitrogens with one attached hydrogen (secondary N) is 1. The first-order valence-corrected chi connectivity index (χ1v) is 6.78. The van der Waals surface area contributed by atoms with E-state index in [9.17, 15) is 10.1 Å². The number of methoxy groups -OCH3 is 1. The molecule has 0 atom stereocenters. The Bertz CT molecular complexity index is 624. The van der Waals surface area contributed by atoms with Gasteiger partial charge in [-0.15, -0.1) is 0 Å². The monoisotopic (exact) mass is 286 g/mol. The van der Waals surface area contributed by atoms with Gasteiger partial charge in [0.2, 0.25) is 0 Å². The Labute approximate surface area is 123 Å². The number of hydrogen-bond donors (Lipinski definition) is 1. The quantitative estimate of drug-likeness (QED) is 0.648. The molecule has 0 bridgehead atoms. The third-order valence-corrected chi connectivity index (χ3v) is 3.32. The molecule has 1 N–H and O–H groups in total. The molecule has 0 unspecified atom stereocenters. The molecule has 0 saturated heterocycles. The molecule has 2 aromatic carbocycles. The molecule has 5 heteroatoms. The van der Waals surface area contributed by atoms with Crippen LogP contribution in [0.1, 0.15) is 18.1 Å². The molecule has 0 fully saturated rings. The van der Waals surface area contributed by atoms with E-state index in [0.717, 1.165) is 22.6 Å². The lowest BCUT2D eigenvalue weighted by Crippen LogP contribution is -2.01. The number of anilines is 1. The minimum atomic E-state index is -0.336. The highest BCUT2D eigenvalue weighted by Gasteiger charge is 2.12. The minimum Gasteiger partial charge on any atom is -0.497 e. The van der Waals surface area contributed by atoms with Crippen LogP contribution in [0.5, 0.6) is 5.75 Å². The normalized spacial score (nSPS) is 10.2. The summed E-state index contributed by atoms with van der Waals surface area (Å²) in [6.07, 6.45) is 0.648. The summed E-state index contributed by atoms with van der Waals surface area (Å²) in [7, 11) is 1.63. The van der Waals surface area contributed by atoms with E-state index in [1.165, 1.54) is 0 Å². The number of hydrogen-bond acceptors (Lipinski definition) is 4. The number of aryl methyl sites for hydroxylation is 1. The van der Waals surface area contributed by atoms with Crippen LogP contribution in [0.2, 0.25) is 0 Å². The lowest BCUT2D eigenvalue weighted by molar-refractivity contribution is -0.385. The van der Waals surface area contributed by atoms with Crippen LogP contribution in [0.25, 0.3) is 0 Å². The summed E-state index contributed by atoms with van der Waals surface area (Å²) in [6.45, 7) is 2.51. The fraction of sp³-hybridized carbons (Fsp3) is 0.250. The van der Waals surface area contributed by atoms with Gasteiger partial charge in [-0.25, -0.2) is 0 Å². The second-order valence-corrected chi connectivity index (χ2v) is 4.66. The third-order valence-electron chi connectivity index (χ3n) is 3.32. The molecule has 0 saturated carbocycles. The third kappa shape index (κ3) is 3.72. The van der Waals surface area contributed by atoms with Crippen molar-refractivity contribution in [2.24, 2.45) is 0 Å². The van der Waals surface area contributed by atoms with Gasteiger partial charge in [-0.3, -0.25) is 10.1 Å². The topological polar surface area (TPSA) is 64.4 Å². The van der Waals surface area contributed by atoms with Crippen LogP contribution < -0.4 is 10.1 Å². The number of nitro groups is 1. The van der Waals surface area contributed by atoms with Crippen LogP contribution in [0, 0.1) is 10.1 Å². The van der Waals surface area contributed by atoms with Crippen molar-refractivity contribution in [1.82, 2.24) is 0 Å². The number of nitro benzene ring substituents is 1. The first-order chi connectivity index (χ1) is 10.1. The van der Waals surface area contributed by atoms with E-state index < -0.39 is 0 Å². The van der Waals surface area contributed by atoms with Crippen molar-refractivity contribution in [2.75, 3.05) is 12.4 Å². The minimum absolute atomic E-state index is 0.164. The summed E-state index contributed by atoms with van der Waals surface area (Å²) < 4.78 is 5.10. The molecular weight excluding hydrogens is 268 g/mol. The van der Waals surface area contributed by atoms with Crippen LogP contribution in [0.3, 0.4) is 0 Å². The van der Waals surface area contributed by atoms with Crippen LogP contribution in [0.4, 0.5) is 11.4 Å². The summed E-state index contributed by atoms with van der Waals surface area (Å²) >= 11 is 0. The maximum atomic E-state index is 11.0. The zero-order chi connectivity index (χ0) is 15.2. The predicted molar refractivity (Wildman–Crippen MR) is 82.8 cm³/mol. The molecule has 0 spiro atoms. The van der Waals surface area contributed by atoms with Crippen LogP contribution in [-0.4, -0.2) is 12.0 Å². The molecule has 0 radical (unpaired) electrons. The Morgan fingerprint density at radius 3 is 2.48 bits per heavy atom. The molecule has 0 amide bonds. The van der Waals surface area contributed by atoms with Gasteiger partial charge in [0.05, 0.1) is 12.0 Å². The van der Waals surface area contributed by atoms with Crippen molar-refractivity contribution < 1.29 is 9.66 Å². The molecule has 5 nitrogen and oxygen atoms in total. The van der Waals surface area contributed by atoms with Gasteiger partial charge in [0.1, 0.15) is 5.75 Å². The zero-order valence-corrected chi connectivity index (χ0v) is 12.1. The Morgan fingerprint density at radius 1 is 1.19 bits per heavy atom. The van der Waals surface area contributed by atoms with E-state index in [2.05, 4.69) is 5.32 Å². The van der Waals surface area contributed by atoms with Gasteiger partial charge in [-0.2, -0.15) is 0 Å². The Balaban J connectivity index is 2.08. The zero-order valence-electron chi connectivity index (χ0n) is 12.1. The first kappa shape index (κ1) is 14.8. The number of nitrogens with zero attached hydrogens (tertiary/aromatic N) is 1. The number of benzene rings is 2. The summed E-state index contributed by atoms with van der Waals surface area (Å²) in [5, 5.41) is 14.2. The number of ether oxygens (including phenoxy) is 1. The molecule has 21 heavy (non-hydrogen) atoms. The molecule has 0 aromatic heterocycles. The maximum Gasteiger partial charge on any atom is 0.274 e. The standard InChI is InChI=1S/C16H18N2O3/c1-3-13-6-7-14(10-16(13)18(19)20)17-11-12-4-8-15(21-2)9-5-12/h4-10,17H,3,11H2,1-2H3. The lowest BCUT2D eigenvalue weighted by Gasteiger charge is -2.08. The SMILES string of the molecule is CCc1ccc(NCc2ccc(OC)cc2)cc1[N+](=O)[O-]. The second kappa shape index (κ2) is 6.74. The van der Waals surface area contributed by atoms with Gasteiger partial charge < -0.3 is 10.1 Å². The smallest absolute Gasteiger partial charge is 0.274 e. The molecule has 0 aliphatic rings. The molecule has 2 aromatic rings. The van der Waals surface area contributed by atoms with E-state index >= 15 is 0 Å². The van der Waals surface area contributed by atoms with Gasteiger partial charge in [-0.05, 0) is 30.2 Å². The molecule has 0 aliphatic heterocycles. The van der Waals surface area contributed by atoms with Crippen molar-refractivity contribution >= 4 is 11.4 Å². The maximum absolute atomic E-state index is 11.0. The Hall–Kier alpha value is -2.56. The van der Waals surface area contributed by atoms with Crippen molar-refractivity contribution in [3.8, 4) is 5.75 Å². The fourth-order valence-electron chi connectivity index (χ4n) is 2.09. The highest BCUT2D eigenvalue weighted by atomic mass is 16.6. The second-order valence-electron chi connectivity index (χ2n) is 4.66. The highest BCUT2D eigenvalue weighted by Crippen LogP contribution is 2.24. The van der Waals surface area contributed by atoms with E-state index in [-0.39, 0.29) is 10.6 Å². The Kier molecular flexibility index (Phi) is 4.77. The van der Waals surface area contributed by atoms with Crippen LogP contribution in [-0.2, 0) is 13.0 Å². The van der Waals surface area contributed by atoms with E-state index in [0.29, 0.717) is 13.0 Å². The van der Waals surface area contributed by atoms with Crippen molar-refractivity contribution in [3.63, 3.8) is 0 Å². The average Bonchev–Trinajstić information content (AvgIpc) is 2.53. The molecule has 0 aliphatic carbocycles. The molecule has 2 rings (SSSR count). The summed E-state index contributed by atoms with van der Waals surface area (Å²) in [4.78, 5) is 10.7. The summed E-state index contributed by atoms with van der Waals surface area (Å²) in [5.74, 6) is 0.807. The molecular formula is C16H18N2O3. The average molecular weight is 286 g/mol. The Morgan fingerprint density at radius 2 is 1.90 bits per heavy atom. The van der Waals surface area contributed by atoms with Gasteiger partial charge in [0, 0.05) is 23.9 Å². The van der Waals surface area contributed by atoms with E-state index in [1.54, 1.807) is 19.2 Å². The van der Waals surface area contributed by atoms with Crippen molar-refractivity contribution in [3.05, 3.63) is 63.7 Å². The summed E-state index contributed by atoms with van der Waals surface area (Å²) in [5.41, 5.74) is 2.74. The van der Waals surface area contributed by atoms with Gasteiger partial charge >= 0.3 is 0 Å². The molecule has 0 heterocycles. The van der Waals surface area contributed by atoms with Crippen LogP contribution in [0.15, 0.2) is 42.5 Å². The molecule has 110 valence electrons. The summed E-state index contributed by atoms with van der Waals surface area (Å²) in [6, 6.07) is 13.0. The van der Waals surface area contributed by atoms with E-state index in [4.69, 9.17) is 4.74 Å². The van der Waals surface area contributed by atoms with Gasteiger partial charge in [-0.1, -0.05) is 25.1 Å². The number of rotatable bonds is 6. The van der Waals surface area contributed by atoms with Crippen molar-refractivity contribution in [1.29, 1.82) is 0 Å². The van der Waals surface area contributed by atoms with Crippen LogP contribution >= 0.6 is 0 Å². The van der Waals surface area contributed by atoms with Gasteiger partial charge in [0.15, 0.2) is 0 Å².